The van der Waals surface area contributed by atoms with Gasteiger partial charge in [0.15, 0.2) is 0 Å². The van der Waals surface area contributed by atoms with Gasteiger partial charge in [0.25, 0.3) is 0 Å². The number of halogens is 1. The van der Waals surface area contributed by atoms with Crippen LogP contribution in [0.1, 0.15) is 12.6 Å². The Labute approximate surface area is 128 Å². The SMILES string of the molecule is CCn1nccc1CNc1cc(Cl)ccc1-n1cccn1. The van der Waals surface area contributed by atoms with Crippen molar-refractivity contribution in [2.24, 2.45) is 0 Å². The predicted octanol–water partition coefficient (Wildman–Crippen LogP) is 3.35. The van der Waals surface area contributed by atoms with Gasteiger partial charge in [-0.05, 0) is 37.3 Å². The first-order valence-electron chi connectivity index (χ1n) is 6.82. The van der Waals surface area contributed by atoms with Crippen molar-refractivity contribution in [1.82, 2.24) is 19.6 Å². The number of benzene rings is 1. The van der Waals surface area contributed by atoms with E-state index in [0.29, 0.717) is 11.6 Å². The number of rotatable bonds is 5. The van der Waals surface area contributed by atoms with E-state index in [0.717, 1.165) is 23.6 Å². The molecule has 0 fully saturated rings. The zero-order valence-corrected chi connectivity index (χ0v) is 12.5. The monoisotopic (exact) mass is 301 g/mol. The van der Waals surface area contributed by atoms with Gasteiger partial charge in [0.2, 0.25) is 0 Å². The molecule has 3 aromatic rings. The van der Waals surface area contributed by atoms with Crippen LogP contribution in [0.25, 0.3) is 5.69 Å². The van der Waals surface area contributed by atoms with Gasteiger partial charge in [-0.2, -0.15) is 10.2 Å². The molecule has 0 aliphatic carbocycles. The van der Waals surface area contributed by atoms with Crippen LogP contribution in [-0.4, -0.2) is 19.6 Å². The molecule has 6 heteroatoms. The topological polar surface area (TPSA) is 47.7 Å². The lowest BCUT2D eigenvalue weighted by atomic mass is 10.2. The van der Waals surface area contributed by atoms with E-state index in [2.05, 4.69) is 22.4 Å². The minimum atomic E-state index is 0.683. The Morgan fingerprint density at radius 3 is 2.86 bits per heavy atom. The summed E-state index contributed by atoms with van der Waals surface area (Å²) in [6, 6.07) is 9.62. The maximum atomic E-state index is 6.11. The molecule has 5 nitrogen and oxygen atoms in total. The summed E-state index contributed by atoms with van der Waals surface area (Å²) in [7, 11) is 0. The van der Waals surface area contributed by atoms with Crippen molar-refractivity contribution >= 4 is 17.3 Å². The van der Waals surface area contributed by atoms with Crippen LogP contribution >= 0.6 is 11.6 Å². The summed E-state index contributed by atoms with van der Waals surface area (Å²) in [5.74, 6) is 0. The van der Waals surface area contributed by atoms with Crippen LogP contribution in [0.4, 0.5) is 5.69 Å². The molecule has 1 aromatic carbocycles. The summed E-state index contributed by atoms with van der Waals surface area (Å²) in [6.45, 7) is 3.61. The van der Waals surface area contributed by atoms with Crippen LogP contribution in [0, 0.1) is 0 Å². The molecule has 0 spiro atoms. The van der Waals surface area contributed by atoms with E-state index in [1.54, 1.807) is 6.20 Å². The second-order valence-corrected chi connectivity index (χ2v) is 5.04. The van der Waals surface area contributed by atoms with E-state index in [1.165, 1.54) is 0 Å². The van der Waals surface area contributed by atoms with E-state index >= 15 is 0 Å². The summed E-state index contributed by atoms with van der Waals surface area (Å²) >= 11 is 6.11. The van der Waals surface area contributed by atoms with Crippen LogP contribution in [-0.2, 0) is 13.1 Å². The second kappa shape index (κ2) is 6.01. The highest BCUT2D eigenvalue weighted by molar-refractivity contribution is 6.31. The maximum absolute atomic E-state index is 6.11. The van der Waals surface area contributed by atoms with Gasteiger partial charge in [0, 0.05) is 30.2 Å². The van der Waals surface area contributed by atoms with E-state index in [-0.39, 0.29) is 0 Å². The van der Waals surface area contributed by atoms with E-state index < -0.39 is 0 Å². The van der Waals surface area contributed by atoms with Crippen molar-refractivity contribution in [2.75, 3.05) is 5.32 Å². The Morgan fingerprint density at radius 2 is 2.10 bits per heavy atom. The smallest absolute Gasteiger partial charge is 0.0877 e. The van der Waals surface area contributed by atoms with E-state index in [4.69, 9.17) is 11.6 Å². The van der Waals surface area contributed by atoms with Gasteiger partial charge in [-0.1, -0.05) is 11.6 Å². The van der Waals surface area contributed by atoms with Gasteiger partial charge >= 0.3 is 0 Å². The normalized spacial score (nSPS) is 10.8. The van der Waals surface area contributed by atoms with Crippen molar-refractivity contribution < 1.29 is 0 Å². The molecular weight excluding hydrogens is 286 g/mol. The fourth-order valence-electron chi connectivity index (χ4n) is 2.24. The third-order valence-corrected chi connectivity index (χ3v) is 3.51. The summed E-state index contributed by atoms with van der Waals surface area (Å²) in [4.78, 5) is 0. The van der Waals surface area contributed by atoms with Crippen molar-refractivity contribution in [1.29, 1.82) is 0 Å². The van der Waals surface area contributed by atoms with Crippen molar-refractivity contribution in [3.8, 4) is 5.69 Å². The summed E-state index contributed by atoms with van der Waals surface area (Å²) in [5.41, 5.74) is 3.03. The number of nitrogens with zero attached hydrogens (tertiary/aromatic N) is 4. The third kappa shape index (κ3) is 2.92. The highest BCUT2D eigenvalue weighted by Crippen LogP contribution is 2.24. The van der Waals surface area contributed by atoms with Gasteiger partial charge in [0.05, 0.1) is 23.6 Å². The second-order valence-electron chi connectivity index (χ2n) is 4.60. The average Bonchev–Trinajstić information content (AvgIpc) is 3.16. The highest BCUT2D eigenvalue weighted by atomic mass is 35.5. The molecule has 3 rings (SSSR count). The van der Waals surface area contributed by atoms with Crippen LogP contribution in [0.5, 0.6) is 0 Å². The fourth-order valence-corrected chi connectivity index (χ4v) is 2.41. The minimum Gasteiger partial charge on any atom is -0.378 e. The Morgan fingerprint density at radius 1 is 1.19 bits per heavy atom. The number of hydrogen-bond acceptors (Lipinski definition) is 3. The largest absolute Gasteiger partial charge is 0.378 e. The molecule has 0 atom stereocenters. The zero-order chi connectivity index (χ0) is 14.7. The molecule has 0 unspecified atom stereocenters. The minimum absolute atomic E-state index is 0.683. The summed E-state index contributed by atoms with van der Waals surface area (Å²) < 4.78 is 3.78. The first kappa shape index (κ1) is 13.7. The molecule has 1 N–H and O–H groups in total. The molecule has 0 aliphatic heterocycles. The first-order chi connectivity index (χ1) is 10.3. The zero-order valence-electron chi connectivity index (χ0n) is 11.7. The van der Waals surface area contributed by atoms with Crippen LogP contribution in [0.2, 0.25) is 5.02 Å². The number of aryl methyl sites for hydroxylation is 1. The van der Waals surface area contributed by atoms with Gasteiger partial charge in [0.1, 0.15) is 0 Å². The molecule has 0 bridgehead atoms. The first-order valence-corrected chi connectivity index (χ1v) is 7.20. The number of hydrogen-bond donors (Lipinski definition) is 1. The lowest BCUT2D eigenvalue weighted by Gasteiger charge is -2.13. The number of anilines is 1. The predicted molar refractivity (Wildman–Crippen MR) is 83.8 cm³/mol. The molecule has 108 valence electrons. The van der Waals surface area contributed by atoms with E-state index in [1.807, 2.05) is 52.1 Å². The lowest BCUT2D eigenvalue weighted by molar-refractivity contribution is 0.627. The van der Waals surface area contributed by atoms with Gasteiger partial charge in [-0.25, -0.2) is 4.68 Å². The highest BCUT2D eigenvalue weighted by Gasteiger charge is 2.07. The number of aromatic nitrogens is 4. The molecule has 2 heterocycles. The molecule has 0 saturated carbocycles. The van der Waals surface area contributed by atoms with Crippen molar-refractivity contribution in [2.45, 2.75) is 20.0 Å². The van der Waals surface area contributed by atoms with Gasteiger partial charge in [-0.15, -0.1) is 0 Å². The summed E-state index contributed by atoms with van der Waals surface area (Å²) in [6.07, 6.45) is 5.47. The Hall–Kier alpha value is -2.27. The van der Waals surface area contributed by atoms with Crippen LogP contribution in [0.3, 0.4) is 0 Å². The quantitative estimate of drug-likeness (QED) is 0.786. The van der Waals surface area contributed by atoms with Gasteiger partial charge < -0.3 is 5.32 Å². The molecular formula is C15H16ClN5. The third-order valence-electron chi connectivity index (χ3n) is 3.27. The molecule has 0 radical (unpaired) electrons. The molecule has 0 saturated heterocycles. The lowest BCUT2D eigenvalue weighted by Crippen LogP contribution is -2.09. The van der Waals surface area contributed by atoms with Crippen molar-refractivity contribution in [3.63, 3.8) is 0 Å². The fraction of sp³-hybridized carbons (Fsp3) is 0.200. The Bertz CT molecular complexity index is 718. The summed E-state index contributed by atoms with van der Waals surface area (Å²) in [5, 5.41) is 12.6. The van der Waals surface area contributed by atoms with Crippen LogP contribution in [0.15, 0.2) is 48.9 Å². The Kier molecular flexibility index (Phi) is 3.92. The van der Waals surface area contributed by atoms with E-state index in [9.17, 15) is 0 Å². The molecule has 2 aromatic heterocycles. The number of nitrogens with one attached hydrogen (secondary N) is 1. The van der Waals surface area contributed by atoms with Crippen molar-refractivity contribution in [3.05, 3.63) is 59.6 Å². The average molecular weight is 302 g/mol. The molecule has 0 amide bonds. The van der Waals surface area contributed by atoms with Crippen LogP contribution < -0.4 is 5.32 Å². The maximum Gasteiger partial charge on any atom is 0.0877 e. The Balaban J connectivity index is 1.86. The molecule has 0 aliphatic rings. The standard InChI is InChI=1S/C15H16ClN5/c1-2-20-13(6-8-19-20)11-17-14-10-12(16)4-5-15(14)21-9-3-7-18-21/h3-10,17H,2,11H2,1H3. The van der Waals surface area contributed by atoms with Gasteiger partial charge in [-0.3, -0.25) is 4.68 Å². The molecule has 21 heavy (non-hydrogen) atoms.